The van der Waals surface area contributed by atoms with Crippen LogP contribution in [0.2, 0.25) is 0 Å². The monoisotopic (exact) mass is 283 g/mol. The number of hydrogen-bond donors (Lipinski definition) is 3. The standard InChI is InChI=1S/C12H21N5O3/c1-3-6-14-12-15-8-10(17(19)20)11(16-12)13-7-5-9(18)4-2/h8-9,18H,3-7H2,1-2H3,(H2,13,14,15,16). The van der Waals surface area contributed by atoms with Crippen LogP contribution in [-0.2, 0) is 0 Å². The quantitative estimate of drug-likeness (QED) is 0.467. The van der Waals surface area contributed by atoms with E-state index < -0.39 is 11.0 Å². The van der Waals surface area contributed by atoms with Gasteiger partial charge in [0.2, 0.25) is 11.8 Å². The molecule has 0 spiro atoms. The molecule has 1 atom stereocenters. The Morgan fingerprint density at radius 1 is 1.40 bits per heavy atom. The number of nitrogens with one attached hydrogen (secondary N) is 2. The van der Waals surface area contributed by atoms with Gasteiger partial charge < -0.3 is 15.7 Å². The number of rotatable bonds is 9. The van der Waals surface area contributed by atoms with E-state index in [1.807, 2.05) is 13.8 Å². The van der Waals surface area contributed by atoms with Crippen LogP contribution in [0.15, 0.2) is 6.20 Å². The first-order chi connectivity index (χ1) is 9.58. The summed E-state index contributed by atoms with van der Waals surface area (Å²) < 4.78 is 0. The van der Waals surface area contributed by atoms with Gasteiger partial charge in [-0.25, -0.2) is 4.98 Å². The van der Waals surface area contributed by atoms with Gasteiger partial charge in [0.15, 0.2) is 0 Å². The number of aromatic nitrogens is 2. The molecule has 1 rings (SSSR count). The maximum Gasteiger partial charge on any atom is 0.329 e. The Kier molecular flexibility index (Phi) is 6.65. The fourth-order valence-corrected chi connectivity index (χ4v) is 1.52. The number of anilines is 2. The zero-order valence-electron chi connectivity index (χ0n) is 11.8. The van der Waals surface area contributed by atoms with Crippen molar-refractivity contribution in [2.45, 2.75) is 39.2 Å². The van der Waals surface area contributed by atoms with Crippen molar-refractivity contribution in [3.8, 4) is 0 Å². The van der Waals surface area contributed by atoms with E-state index >= 15 is 0 Å². The van der Waals surface area contributed by atoms with Crippen LogP contribution in [0.3, 0.4) is 0 Å². The highest BCUT2D eigenvalue weighted by Crippen LogP contribution is 2.22. The first kappa shape index (κ1) is 16.1. The Morgan fingerprint density at radius 2 is 2.15 bits per heavy atom. The molecule has 1 aromatic rings. The van der Waals surface area contributed by atoms with Crippen LogP contribution in [0.4, 0.5) is 17.5 Å². The SMILES string of the molecule is CCCNc1ncc([N+](=O)[O-])c(NCCC(O)CC)n1. The number of aliphatic hydroxyl groups is 1. The molecule has 0 aromatic carbocycles. The van der Waals surface area contributed by atoms with Crippen molar-refractivity contribution in [2.75, 3.05) is 23.7 Å². The highest BCUT2D eigenvalue weighted by Gasteiger charge is 2.17. The van der Waals surface area contributed by atoms with E-state index in [0.29, 0.717) is 31.9 Å². The van der Waals surface area contributed by atoms with Gasteiger partial charge in [-0.3, -0.25) is 10.1 Å². The molecule has 0 radical (unpaired) electrons. The van der Waals surface area contributed by atoms with Crippen molar-refractivity contribution in [3.05, 3.63) is 16.3 Å². The van der Waals surface area contributed by atoms with E-state index in [9.17, 15) is 15.2 Å². The lowest BCUT2D eigenvalue weighted by atomic mass is 10.2. The molecular formula is C12H21N5O3. The predicted octanol–water partition coefficient (Wildman–Crippen LogP) is 1.78. The zero-order valence-corrected chi connectivity index (χ0v) is 11.8. The van der Waals surface area contributed by atoms with E-state index in [0.717, 1.165) is 6.42 Å². The maximum absolute atomic E-state index is 10.9. The number of aliphatic hydroxyl groups excluding tert-OH is 1. The average molecular weight is 283 g/mol. The summed E-state index contributed by atoms with van der Waals surface area (Å²) >= 11 is 0. The van der Waals surface area contributed by atoms with Crippen molar-refractivity contribution in [1.82, 2.24) is 9.97 Å². The first-order valence-electron chi connectivity index (χ1n) is 6.75. The second-order valence-corrected chi connectivity index (χ2v) is 4.39. The second kappa shape index (κ2) is 8.26. The van der Waals surface area contributed by atoms with Crippen LogP contribution in [0.1, 0.15) is 33.1 Å². The van der Waals surface area contributed by atoms with E-state index in [1.165, 1.54) is 6.20 Å². The third kappa shape index (κ3) is 4.96. The Labute approximate surface area is 117 Å². The Hall–Kier alpha value is -1.96. The summed E-state index contributed by atoms with van der Waals surface area (Å²) in [6.07, 6.45) is 2.84. The molecule has 0 aliphatic rings. The molecule has 20 heavy (non-hydrogen) atoms. The summed E-state index contributed by atoms with van der Waals surface area (Å²) in [4.78, 5) is 18.4. The van der Waals surface area contributed by atoms with Crippen LogP contribution in [0.25, 0.3) is 0 Å². The summed E-state index contributed by atoms with van der Waals surface area (Å²) in [5, 5.41) is 26.2. The molecule has 0 bridgehead atoms. The van der Waals surface area contributed by atoms with Crippen LogP contribution in [0, 0.1) is 10.1 Å². The molecule has 0 amide bonds. The summed E-state index contributed by atoms with van der Waals surface area (Å²) in [6, 6.07) is 0. The van der Waals surface area contributed by atoms with Gasteiger partial charge in [-0.05, 0) is 19.3 Å². The van der Waals surface area contributed by atoms with E-state index in [1.54, 1.807) is 0 Å². The molecule has 112 valence electrons. The van der Waals surface area contributed by atoms with Crippen LogP contribution < -0.4 is 10.6 Å². The highest BCUT2D eigenvalue weighted by atomic mass is 16.6. The van der Waals surface area contributed by atoms with Crippen LogP contribution >= 0.6 is 0 Å². The Morgan fingerprint density at radius 3 is 2.75 bits per heavy atom. The van der Waals surface area contributed by atoms with Crippen LogP contribution in [-0.4, -0.2) is 39.2 Å². The van der Waals surface area contributed by atoms with E-state index in [-0.39, 0.29) is 11.5 Å². The van der Waals surface area contributed by atoms with Crippen LogP contribution in [0.5, 0.6) is 0 Å². The van der Waals surface area contributed by atoms with Crippen molar-refractivity contribution < 1.29 is 10.0 Å². The third-order valence-corrected chi connectivity index (χ3v) is 2.74. The lowest BCUT2D eigenvalue weighted by molar-refractivity contribution is -0.384. The first-order valence-corrected chi connectivity index (χ1v) is 6.75. The molecule has 1 heterocycles. The lowest BCUT2D eigenvalue weighted by Gasteiger charge is -2.10. The Balaban J connectivity index is 2.75. The van der Waals surface area contributed by atoms with Gasteiger partial charge in [-0.2, -0.15) is 4.98 Å². The summed E-state index contributed by atoms with van der Waals surface area (Å²) in [7, 11) is 0. The minimum absolute atomic E-state index is 0.168. The van der Waals surface area contributed by atoms with Gasteiger partial charge in [0, 0.05) is 13.1 Å². The Bertz CT molecular complexity index is 441. The minimum atomic E-state index is -0.526. The van der Waals surface area contributed by atoms with Gasteiger partial charge in [0.05, 0.1) is 11.0 Å². The van der Waals surface area contributed by atoms with Gasteiger partial charge in [0.1, 0.15) is 6.20 Å². The molecule has 8 nitrogen and oxygen atoms in total. The summed E-state index contributed by atoms with van der Waals surface area (Å²) in [6.45, 7) is 5.00. The minimum Gasteiger partial charge on any atom is -0.393 e. The number of hydrogen-bond acceptors (Lipinski definition) is 7. The van der Waals surface area contributed by atoms with Crippen molar-refractivity contribution in [1.29, 1.82) is 0 Å². The molecule has 0 aliphatic carbocycles. The fraction of sp³-hybridized carbons (Fsp3) is 0.667. The topological polar surface area (TPSA) is 113 Å². The molecule has 1 aromatic heterocycles. The average Bonchev–Trinajstić information content (AvgIpc) is 2.44. The zero-order chi connectivity index (χ0) is 15.0. The predicted molar refractivity (Wildman–Crippen MR) is 76.9 cm³/mol. The van der Waals surface area contributed by atoms with Gasteiger partial charge >= 0.3 is 5.69 Å². The lowest BCUT2D eigenvalue weighted by Crippen LogP contribution is -2.15. The molecule has 8 heteroatoms. The van der Waals surface area contributed by atoms with Gasteiger partial charge in [-0.15, -0.1) is 0 Å². The number of nitro groups is 1. The highest BCUT2D eigenvalue weighted by molar-refractivity contribution is 5.56. The fourth-order valence-electron chi connectivity index (χ4n) is 1.52. The summed E-state index contributed by atoms with van der Waals surface area (Å²) in [5.41, 5.74) is -0.168. The molecule has 0 saturated heterocycles. The van der Waals surface area contributed by atoms with Crippen molar-refractivity contribution in [2.24, 2.45) is 0 Å². The van der Waals surface area contributed by atoms with E-state index in [4.69, 9.17) is 0 Å². The van der Waals surface area contributed by atoms with Gasteiger partial charge in [0.25, 0.3) is 0 Å². The van der Waals surface area contributed by atoms with E-state index in [2.05, 4.69) is 20.6 Å². The molecule has 1 unspecified atom stereocenters. The van der Waals surface area contributed by atoms with Gasteiger partial charge in [-0.1, -0.05) is 13.8 Å². The molecule has 0 saturated carbocycles. The van der Waals surface area contributed by atoms with Crippen molar-refractivity contribution >= 4 is 17.5 Å². The van der Waals surface area contributed by atoms with Crippen molar-refractivity contribution in [3.63, 3.8) is 0 Å². The largest absolute Gasteiger partial charge is 0.393 e. The normalized spacial score (nSPS) is 11.9. The maximum atomic E-state index is 10.9. The second-order valence-electron chi connectivity index (χ2n) is 4.39. The smallest absolute Gasteiger partial charge is 0.329 e. The summed E-state index contributed by atoms with van der Waals surface area (Å²) in [5.74, 6) is 0.530. The molecule has 3 N–H and O–H groups in total. The molecule has 0 fully saturated rings. The number of nitrogens with zero attached hydrogens (tertiary/aromatic N) is 3. The third-order valence-electron chi connectivity index (χ3n) is 2.74. The molecular weight excluding hydrogens is 262 g/mol. The molecule has 0 aliphatic heterocycles.